The molecule has 0 saturated carbocycles. The Bertz CT molecular complexity index is 2180. The number of nitrogens with zero attached hydrogens (tertiary/aromatic N) is 3. The average molecular weight is 603 g/mol. The maximum Gasteiger partial charge on any atom is 0.354 e. The van der Waals surface area contributed by atoms with Gasteiger partial charge in [-0.2, -0.15) is 9.83 Å². The summed E-state index contributed by atoms with van der Waals surface area (Å²) in [6.07, 6.45) is 6.61. The molecule has 1 aliphatic rings. The fourth-order valence-electron chi connectivity index (χ4n) is 6.11. The second kappa shape index (κ2) is 7.58. The van der Waals surface area contributed by atoms with Crippen molar-refractivity contribution in [2.75, 3.05) is 0 Å². The summed E-state index contributed by atoms with van der Waals surface area (Å²) in [5, 5.41) is 16.0. The highest BCUT2D eigenvalue weighted by atomic mass is 127. The molecule has 0 amide bonds. The monoisotopic (exact) mass is 603 g/mol. The number of pyridine rings is 2. The standard InChI is InChI=1S/C32H18IN3S/c1-18-6-4-7-20(28(18)24-9-2-3-13-36(24)33)16-25-22-10-11-26-31-29-23(14-19(17-34)15-27(29)37-26)21-8-5-12-35(25)32(21)30(22)31/h2-16H,1H3/q+2/b25-16-. The molecule has 3 aromatic heterocycles. The first kappa shape index (κ1) is 21.2. The summed E-state index contributed by atoms with van der Waals surface area (Å²) >= 11 is 4.15. The number of hydrogen-bond acceptors (Lipinski definition) is 2. The molecular formula is C32H18IN3S+2. The average Bonchev–Trinajstić information content (AvgIpc) is 3.44. The van der Waals surface area contributed by atoms with Gasteiger partial charge in [-0.25, -0.2) is 0 Å². The van der Waals surface area contributed by atoms with E-state index in [4.69, 9.17) is 0 Å². The van der Waals surface area contributed by atoms with Crippen molar-refractivity contribution in [1.29, 1.82) is 5.26 Å². The van der Waals surface area contributed by atoms with Gasteiger partial charge >= 0.3 is 22.9 Å². The van der Waals surface area contributed by atoms with Crippen molar-refractivity contribution in [2.24, 2.45) is 0 Å². The first-order valence-electron chi connectivity index (χ1n) is 12.1. The number of halogens is 1. The minimum Gasteiger partial charge on any atom is -0.192 e. The Morgan fingerprint density at radius 2 is 1.78 bits per heavy atom. The van der Waals surface area contributed by atoms with Crippen LogP contribution in [0.3, 0.4) is 0 Å². The van der Waals surface area contributed by atoms with Gasteiger partial charge in [0.25, 0.3) is 0 Å². The minimum absolute atomic E-state index is 0.716. The summed E-state index contributed by atoms with van der Waals surface area (Å²) in [5.41, 5.74) is 9.26. The topological polar surface area (TPSA) is 31.5 Å². The Balaban J connectivity index is 1.51. The smallest absolute Gasteiger partial charge is 0.192 e. The minimum atomic E-state index is 0.716. The zero-order valence-electron chi connectivity index (χ0n) is 19.8. The van der Waals surface area contributed by atoms with Crippen molar-refractivity contribution >= 4 is 87.8 Å². The molecule has 0 N–H and O–H groups in total. The molecule has 5 heteroatoms. The highest BCUT2D eigenvalue weighted by Crippen LogP contribution is 2.49. The molecule has 0 fully saturated rings. The SMILES string of the molecule is Cc1cccc(/C=C2/c3ccc4sc5cc(C#N)cc6c7ccc[n+]2c7c3c4c56)c1-c1cccc[n+]1I. The molecule has 37 heavy (non-hydrogen) atoms. The van der Waals surface area contributed by atoms with Crippen LogP contribution in [-0.4, -0.2) is 0 Å². The van der Waals surface area contributed by atoms with E-state index in [0.29, 0.717) is 5.56 Å². The van der Waals surface area contributed by atoms with E-state index in [1.807, 2.05) is 6.07 Å². The van der Waals surface area contributed by atoms with Gasteiger partial charge in [-0.15, -0.1) is 14.1 Å². The fraction of sp³-hybridized carbons (Fsp3) is 0.0312. The fourth-order valence-corrected chi connectivity index (χ4v) is 7.87. The van der Waals surface area contributed by atoms with E-state index in [-0.39, 0.29) is 0 Å². The molecule has 0 unspecified atom stereocenters. The van der Waals surface area contributed by atoms with Crippen LogP contribution < -0.4 is 7.35 Å². The molecule has 1 aliphatic heterocycles. The van der Waals surface area contributed by atoms with Crippen LogP contribution >= 0.6 is 34.2 Å². The number of nitriles is 1. The van der Waals surface area contributed by atoms with Crippen LogP contribution in [0.5, 0.6) is 0 Å². The summed E-state index contributed by atoms with van der Waals surface area (Å²) in [5.74, 6) is 0. The van der Waals surface area contributed by atoms with E-state index >= 15 is 0 Å². The molecule has 172 valence electrons. The van der Waals surface area contributed by atoms with Gasteiger partial charge in [0.2, 0.25) is 16.9 Å². The number of fused-ring (bicyclic) bond motifs is 1. The second-order valence-corrected chi connectivity index (χ2v) is 11.7. The Morgan fingerprint density at radius 3 is 2.65 bits per heavy atom. The zero-order chi connectivity index (χ0) is 24.8. The maximum atomic E-state index is 9.73. The van der Waals surface area contributed by atoms with Crippen molar-refractivity contribution in [3.8, 4) is 17.3 Å². The van der Waals surface area contributed by atoms with Gasteiger partial charge in [0.1, 0.15) is 0 Å². The first-order chi connectivity index (χ1) is 18.1. The molecule has 4 heterocycles. The van der Waals surface area contributed by atoms with Gasteiger partial charge in [-0.3, -0.25) is 0 Å². The van der Waals surface area contributed by atoms with Crippen molar-refractivity contribution < 1.29 is 7.35 Å². The summed E-state index contributed by atoms with van der Waals surface area (Å²) < 4.78 is 6.97. The normalized spacial score (nSPS) is 13.7. The molecule has 0 radical (unpaired) electrons. The second-order valence-electron chi connectivity index (χ2n) is 9.58. The van der Waals surface area contributed by atoms with Gasteiger partial charge in [0.15, 0.2) is 12.4 Å². The van der Waals surface area contributed by atoms with Crippen molar-refractivity contribution in [2.45, 2.75) is 6.92 Å². The van der Waals surface area contributed by atoms with Crippen LogP contribution in [0, 0.1) is 18.3 Å². The number of aromatic nitrogens is 2. The van der Waals surface area contributed by atoms with Crippen molar-refractivity contribution in [3.63, 3.8) is 0 Å². The van der Waals surface area contributed by atoms with Crippen LogP contribution in [0.1, 0.15) is 22.3 Å². The summed E-state index contributed by atoms with van der Waals surface area (Å²) in [6, 6.07) is 28.2. The summed E-state index contributed by atoms with van der Waals surface area (Å²) in [6.45, 7) is 2.19. The molecule has 0 saturated heterocycles. The van der Waals surface area contributed by atoms with Gasteiger partial charge in [-0.05, 0) is 59.8 Å². The van der Waals surface area contributed by atoms with E-state index < -0.39 is 0 Å². The highest BCUT2D eigenvalue weighted by molar-refractivity contribution is 14.1. The Labute approximate surface area is 231 Å². The summed E-state index contributed by atoms with van der Waals surface area (Å²) in [4.78, 5) is 0. The van der Waals surface area contributed by atoms with Crippen molar-refractivity contribution in [3.05, 3.63) is 107 Å². The highest BCUT2D eigenvalue weighted by Gasteiger charge is 2.34. The third-order valence-electron chi connectivity index (χ3n) is 7.59. The number of rotatable bonds is 2. The van der Waals surface area contributed by atoms with Crippen molar-refractivity contribution in [1.82, 2.24) is 0 Å². The number of aryl methyl sites for hydroxylation is 1. The lowest BCUT2D eigenvalue weighted by Crippen LogP contribution is -2.29. The molecule has 3 nitrogen and oxygen atoms in total. The zero-order valence-corrected chi connectivity index (χ0v) is 22.8. The third kappa shape index (κ3) is 2.80. The van der Waals surface area contributed by atoms with Gasteiger partial charge in [0.05, 0.1) is 33.5 Å². The predicted molar refractivity (Wildman–Crippen MR) is 160 cm³/mol. The Kier molecular flexibility index (Phi) is 4.35. The quantitative estimate of drug-likeness (QED) is 0.113. The largest absolute Gasteiger partial charge is 0.354 e. The Hall–Kier alpha value is -3.86. The van der Waals surface area contributed by atoms with Crippen LogP contribution in [0.25, 0.3) is 64.9 Å². The number of benzene rings is 4. The lowest BCUT2D eigenvalue weighted by molar-refractivity contribution is -0.545. The summed E-state index contributed by atoms with van der Waals surface area (Å²) in [7, 11) is 0. The molecule has 0 aliphatic carbocycles. The molecule has 0 spiro atoms. The third-order valence-corrected chi connectivity index (χ3v) is 9.53. The predicted octanol–water partition coefficient (Wildman–Crippen LogP) is 7.78. The molecule has 4 aromatic carbocycles. The Morgan fingerprint density at radius 1 is 0.865 bits per heavy atom. The lowest BCUT2D eigenvalue weighted by Gasteiger charge is -2.08. The molecule has 0 bridgehead atoms. The maximum absolute atomic E-state index is 9.73. The van der Waals surface area contributed by atoms with Crippen LogP contribution in [0.4, 0.5) is 0 Å². The van der Waals surface area contributed by atoms with Gasteiger partial charge < -0.3 is 0 Å². The van der Waals surface area contributed by atoms with Crippen LogP contribution in [0.2, 0.25) is 0 Å². The van der Waals surface area contributed by atoms with Crippen LogP contribution in [-0.2, 0) is 0 Å². The van der Waals surface area contributed by atoms with Crippen LogP contribution in [0.15, 0.2) is 85.2 Å². The van der Waals surface area contributed by atoms with Gasteiger partial charge in [0, 0.05) is 44.4 Å². The van der Waals surface area contributed by atoms with E-state index in [1.54, 1.807) is 11.3 Å². The lowest BCUT2D eigenvalue weighted by atomic mass is 9.94. The first-order valence-corrected chi connectivity index (χ1v) is 13.9. The molecular weight excluding hydrogens is 585 g/mol. The molecule has 8 rings (SSSR count). The van der Waals surface area contributed by atoms with E-state index in [1.165, 1.54) is 75.5 Å². The van der Waals surface area contributed by atoms with E-state index in [2.05, 4.69) is 128 Å². The molecule has 0 atom stereocenters. The van der Waals surface area contributed by atoms with Gasteiger partial charge in [-0.1, -0.05) is 18.2 Å². The number of thiophene rings is 1. The molecule has 7 aromatic rings. The van der Waals surface area contributed by atoms with E-state index in [9.17, 15) is 5.26 Å². The number of hydrogen-bond donors (Lipinski definition) is 0. The van der Waals surface area contributed by atoms with E-state index in [0.717, 1.165) is 0 Å².